The van der Waals surface area contributed by atoms with Crippen LogP contribution in [0, 0.1) is 5.41 Å². The summed E-state index contributed by atoms with van der Waals surface area (Å²) in [4.78, 5) is 10.8. The molecule has 0 amide bonds. The van der Waals surface area contributed by atoms with Gasteiger partial charge in [0, 0.05) is 13.1 Å². The first-order valence-electron chi connectivity index (χ1n) is 4.94. The van der Waals surface area contributed by atoms with Crippen LogP contribution in [-0.2, 0) is 9.53 Å². The smallest absolute Gasteiger partial charge is 0.306 e. The number of carbonyl (C=O) groups excluding carboxylic acids is 1. The summed E-state index contributed by atoms with van der Waals surface area (Å²) >= 11 is 0. The molecule has 3 nitrogen and oxygen atoms in total. The van der Waals surface area contributed by atoms with E-state index >= 15 is 0 Å². The van der Waals surface area contributed by atoms with E-state index in [1.165, 1.54) is 26.4 Å². The van der Waals surface area contributed by atoms with Gasteiger partial charge >= 0.3 is 5.97 Å². The average Bonchev–Trinajstić information content (AvgIpc) is 2.09. The van der Waals surface area contributed by atoms with E-state index in [-0.39, 0.29) is 5.97 Å². The third-order valence-corrected chi connectivity index (χ3v) is 2.85. The van der Waals surface area contributed by atoms with Gasteiger partial charge in [-0.25, -0.2) is 0 Å². The third kappa shape index (κ3) is 3.35. The Labute approximate surface area is 79.8 Å². The number of carbonyl (C=O) groups is 1. The molecule has 0 aromatic rings. The normalized spacial score (nSPS) is 19.2. The topological polar surface area (TPSA) is 38.3 Å². The molecule has 13 heavy (non-hydrogen) atoms. The predicted octanol–water partition coefficient (Wildman–Crippen LogP) is 1.33. The van der Waals surface area contributed by atoms with Crippen LogP contribution in [0.25, 0.3) is 0 Å². The van der Waals surface area contributed by atoms with E-state index in [4.69, 9.17) is 0 Å². The molecule has 1 saturated carbocycles. The molecule has 0 aliphatic heterocycles. The maximum atomic E-state index is 10.8. The lowest BCUT2D eigenvalue weighted by Crippen LogP contribution is -2.38. The lowest BCUT2D eigenvalue weighted by Gasteiger charge is -2.38. The Morgan fingerprint density at radius 3 is 2.69 bits per heavy atom. The van der Waals surface area contributed by atoms with Crippen LogP contribution in [0.4, 0.5) is 0 Å². The highest BCUT2D eigenvalue weighted by Crippen LogP contribution is 2.39. The van der Waals surface area contributed by atoms with Crippen LogP contribution in [0.3, 0.4) is 0 Å². The molecule has 0 atom stereocenters. The minimum atomic E-state index is -0.133. The van der Waals surface area contributed by atoms with Gasteiger partial charge in [0.15, 0.2) is 0 Å². The van der Waals surface area contributed by atoms with Crippen molar-refractivity contribution < 1.29 is 9.53 Å². The Morgan fingerprint density at radius 2 is 2.23 bits per heavy atom. The first kappa shape index (κ1) is 10.5. The van der Waals surface area contributed by atoms with Crippen molar-refractivity contribution in [3.63, 3.8) is 0 Å². The van der Waals surface area contributed by atoms with Crippen molar-refractivity contribution in [3.05, 3.63) is 0 Å². The second-order valence-corrected chi connectivity index (χ2v) is 4.17. The van der Waals surface area contributed by atoms with Gasteiger partial charge in [-0.15, -0.1) is 0 Å². The van der Waals surface area contributed by atoms with Crippen LogP contribution in [-0.4, -0.2) is 26.2 Å². The summed E-state index contributed by atoms with van der Waals surface area (Å²) in [6, 6.07) is 0. The van der Waals surface area contributed by atoms with Crippen LogP contribution in [0.5, 0.6) is 0 Å². The molecule has 0 radical (unpaired) electrons. The highest BCUT2D eigenvalue weighted by molar-refractivity contribution is 5.69. The maximum Gasteiger partial charge on any atom is 0.306 e. The fraction of sp³-hybridized carbons (Fsp3) is 0.900. The van der Waals surface area contributed by atoms with Crippen molar-refractivity contribution in [2.75, 3.05) is 20.2 Å². The quantitative estimate of drug-likeness (QED) is 0.518. The summed E-state index contributed by atoms with van der Waals surface area (Å²) in [5.41, 5.74) is 0.496. The van der Waals surface area contributed by atoms with E-state index in [9.17, 15) is 4.79 Å². The molecule has 3 heteroatoms. The SMILES string of the molecule is COC(=O)CCNCC1(C)CCC1. The zero-order valence-corrected chi connectivity index (χ0v) is 8.56. The van der Waals surface area contributed by atoms with Crippen molar-refractivity contribution >= 4 is 5.97 Å². The van der Waals surface area contributed by atoms with Gasteiger partial charge in [0.25, 0.3) is 0 Å². The van der Waals surface area contributed by atoms with Crippen LogP contribution in [0.2, 0.25) is 0 Å². The van der Waals surface area contributed by atoms with Gasteiger partial charge in [-0.1, -0.05) is 13.3 Å². The van der Waals surface area contributed by atoms with Crippen molar-refractivity contribution in [3.8, 4) is 0 Å². The van der Waals surface area contributed by atoms with Crippen molar-refractivity contribution in [2.24, 2.45) is 5.41 Å². The molecule has 0 aromatic heterocycles. The summed E-state index contributed by atoms with van der Waals surface area (Å²) in [6.45, 7) is 4.06. The van der Waals surface area contributed by atoms with E-state index in [0.717, 1.165) is 13.1 Å². The zero-order chi connectivity index (χ0) is 9.73. The first-order chi connectivity index (χ1) is 6.16. The van der Waals surface area contributed by atoms with E-state index in [0.29, 0.717) is 11.8 Å². The largest absolute Gasteiger partial charge is 0.469 e. The zero-order valence-electron chi connectivity index (χ0n) is 8.56. The van der Waals surface area contributed by atoms with Gasteiger partial charge in [-0.3, -0.25) is 4.79 Å². The average molecular weight is 185 g/mol. The van der Waals surface area contributed by atoms with E-state index in [1.54, 1.807) is 0 Å². The van der Waals surface area contributed by atoms with Crippen LogP contribution in [0.1, 0.15) is 32.6 Å². The van der Waals surface area contributed by atoms with Crippen LogP contribution in [0.15, 0.2) is 0 Å². The standard InChI is InChI=1S/C10H19NO2/c1-10(5-3-6-10)8-11-7-4-9(12)13-2/h11H,3-8H2,1-2H3. The molecule has 0 aromatic carbocycles. The lowest BCUT2D eigenvalue weighted by atomic mass is 9.70. The van der Waals surface area contributed by atoms with E-state index < -0.39 is 0 Å². The molecular weight excluding hydrogens is 166 g/mol. The first-order valence-corrected chi connectivity index (χ1v) is 4.94. The minimum absolute atomic E-state index is 0.133. The van der Waals surface area contributed by atoms with Crippen molar-refractivity contribution in [1.82, 2.24) is 5.32 Å². The molecule has 76 valence electrons. The second kappa shape index (κ2) is 4.61. The molecule has 1 aliphatic rings. The van der Waals surface area contributed by atoms with Gasteiger partial charge < -0.3 is 10.1 Å². The van der Waals surface area contributed by atoms with E-state index in [2.05, 4.69) is 17.0 Å². The van der Waals surface area contributed by atoms with Crippen LogP contribution >= 0.6 is 0 Å². The van der Waals surface area contributed by atoms with Gasteiger partial charge in [0.1, 0.15) is 0 Å². The molecule has 1 rings (SSSR count). The Balaban J connectivity index is 1.98. The Kier molecular flexibility index (Phi) is 3.72. The number of rotatable bonds is 5. The molecule has 1 aliphatic carbocycles. The molecule has 0 saturated heterocycles. The number of hydrogen-bond acceptors (Lipinski definition) is 3. The molecular formula is C10H19NO2. The van der Waals surface area contributed by atoms with Crippen molar-refractivity contribution in [1.29, 1.82) is 0 Å². The summed E-state index contributed by atoms with van der Waals surface area (Å²) < 4.78 is 4.54. The molecule has 1 N–H and O–H groups in total. The monoisotopic (exact) mass is 185 g/mol. The highest BCUT2D eigenvalue weighted by Gasteiger charge is 2.30. The van der Waals surface area contributed by atoms with Crippen molar-refractivity contribution in [2.45, 2.75) is 32.6 Å². The highest BCUT2D eigenvalue weighted by atomic mass is 16.5. The summed E-state index contributed by atoms with van der Waals surface area (Å²) in [7, 11) is 1.43. The summed E-state index contributed by atoms with van der Waals surface area (Å²) in [5.74, 6) is -0.133. The van der Waals surface area contributed by atoms with Gasteiger partial charge in [-0.2, -0.15) is 0 Å². The molecule has 0 bridgehead atoms. The number of nitrogens with one attached hydrogen (secondary N) is 1. The molecule has 0 unspecified atom stereocenters. The summed E-state index contributed by atoms with van der Waals surface area (Å²) in [6.07, 6.45) is 4.47. The lowest BCUT2D eigenvalue weighted by molar-refractivity contribution is -0.140. The third-order valence-electron chi connectivity index (χ3n) is 2.85. The Hall–Kier alpha value is -0.570. The fourth-order valence-electron chi connectivity index (χ4n) is 1.64. The number of methoxy groups -OCH3 is 1. The van der Waals surface area contributed by atoms with Crippen LogP contribution < -0.4 is 5.32 Å². The fourth-order valence-corrected chi connectivity index (χ4v) is 1.64. The minimum Gasteiger partial charge on any atom is -0.469 e. The Bertz CT molecular complexity index is 176. The molecule has 0 spiro atoms. The number of ether oxygens (including phenoxy) is 1. The number of hydrogen-bond donors (Lipinski definition) is 1. The van der Waals surface area contributed by atoms with Gasteiger partial charge in [0.2, 0.25) is 0 Å². The van der Waals surface area contributed by atoms with Gasteiger partial charge in [0.05, 0.1) is 13.5 Å². The second-order valence-electron chi connectivity index (χ2n) is 4.17. The maximum absolute atomic E-state index is 10.8. The number of esters is 1. The van der Waals surface area contributed by atoms with Gasteiger partial charge in [-0.05, 0) is 18.3 Å². The Morgan fingerprint density at radius 1 is 1.54 bits per heavy atom. The van der Waals surface area contributed by atoms with E-state index in [1.807, 2.05) is 0 Å². The summed E-state index contributed by atoms with van der Waals surface area (Å²) in [5, 5.41) is 3.29. The molecule has 0 heterocycles. The predicted molar refractivity (Wildman–Crippen MR) is 51.5 cm³/mol. The molecule has 1 fully saturated rings.